The molecule has 5 N–H and O–H groups in total. The predicted octanol–water partition coefficient (Wildman–Crippen LogP) is 4.06. The molecule has 0 spiro atoms. The first kappa shape index (κ1) is 16.6. The van der Waals surface area contributed by atoms with Gasteiger partial charge in [-0.25, -0.2) is 10.8 Å². The van der Waals surface area contributed by atoms with Crippen LogP contribution in [0.3, 0.4) is 0 Å². The third kappa shape index (κ3) is 2.72. The lowest BCUT2D eigenvalue weighted by Crippen LogP contribution is -2.30. The number of anilines is 1. The summed E-state index contributed by atoms with van der Waals surface area (Å²) in [4.78, 5) is 17.5. The van der Waals surface area contributed by atoms with Crippen LogP contribution in [0.2, 0.25) is 5.02 Å². The molecular weight excluding hydrogens is 372 g/mol. The summed E-state index contributed by atoms with van der Waals surface area (Å²) in [5.74, 6) is 4.55. The monoisotopic (exact) mass is 384 g/mol. The number of nitrogens with one attached hydrogen (secondary N) is 1. The number of nitrogen functional groups attached to an aromatic ring is 2. The Morgan fingerprint density at radius 1 is 1.23 bits per heavy atom. The van der Waals surface area contributed by atoms with E-state index in [9.17, 15) is 4.79 Å². The molecule has 0 bridgehead atoms. The number of nitrogens with zero attached hydrogens (tertiary/aromatic N) is 1. The van der Waals surface area contributed by atoms with Gasteiger partial charge in [-0.15, -0.1) is 11.3 Å². The molecule has 1 amide bonds. The molecule has 4 rings (SSSR count). The normalized spacial score (nSPS) is 11.0. The van der Waals surface area contributed by atoms with Crippen molar-refractivity contribution in [3.05, 3.63) is 58.6 Å². The molecule has 0 atom stereocenters. The number of pyridine rings is 1. The Hall–Kier alpha value is -2.87. The molecule has 130 valence electrons. The molecule has 4 aromatic rings. The summed E-state index contributed by atoms with van der Waals surface area (Å²) in [6.45, 7) is 0. The van der Waals surface area contributed by atoms with Crippen molar-refractivity contribution in [3.8, 4) is 21.7 Å². The number of carbonyl (C=O) groups is 1. The molecule has 0 unspecified atom stereocenters. The highest BCUT2D eigenvalue weighted by Crippen LogP contribution is 2.39. The van der Waals surface area contributed by atoms with E-state index in [0.717, 1.165) is 21.7 Å². The van der Waals surface area contributed by atoms with Gasteiger partial charge in [0.15, 0.2) is 0 Å². The highest BCUT2D eigenvalue weighted by molar-refractivity contribution is 7.13. The van der Waals surface area contributed by atoms with Crippen LogP contribution in [0, 0.1) is 0 Å². The van der Waals surface area contributed by atoms with Gasteiger partial charge in [0.2, 0.25) is 11.5 Å². The van der Waals surface area contributed by atoms with E-state index in [1.807, 2.05) is 41.1 Å². The molecule has 8 heteroatoms. The van der Waals surface area contributed by atoms with Crippen molar-refractivity contribution in [2.75, 3.05) is 5.73 Å². The Morgan fingerprint density at radius 2 is 2.00 bits per heavy atom. The number of rotatable bonds is 3. The summed E-state index contributed by atoms with van der Waals surface area (Å²) in [7, 11) is 0. The number of nitrogens with two attached hydrogens (primary N) is 2. The first-order chi connectivity index (χ1) is 12.6. The maximum atomic E-state index is 12.0. The number of aromatic nitrogens is 1. The molecule has 0 aliphatic rings. The average Bonchev–Trinajstić information content (AvgIpc) is 3.29. The molecule has 0 aliphatic heterocycles. The number of thiophene rings is 1. The first-order valence-corrected chi connectivity index (χ1v) is 8.88. The number of halogens is 1. The van der Waals surface area contributed by atoms with Gasteiger partial charge in [-0.1, -0.05) is 29.8 Å². The number of hydrogen-bond donors (Lipinski definition) is 3. The van der Waals surface area contributed by atoms with Gasteiger partial charge in [0.05, 0.1) is 21.6 Å². The van der Waals surface area contributed by atoms with Crippen LogP contribution in [0.1, 0.15) is 10.6 Å². The zero-order valence-corrected chi connectivity index (χ0v) is 14.9. The van der Waals surface area contributed by atoms with Crippen molar-refractivity contribution in [1.29, 1.82) is 0 Å². The number of hydrogen-bond acceptors (Lipinski definition) is 6. The molecule has 0 fully saturated rings. The smallest absolute Gasteiger partial charge is 0.303 e. The molecule has 0 saturated carbocycles. The molecule has 0 saturated heterocycles. The van der Waals surface area contributed by atoms with E-state index in [1.165, 1.54) is 0 Å². The predicted molar refractivity (Wildman–Crippen MR) is 104 cm³/mol. The fraction of sp³-hybridized carbons (Fsp3) is 0. The van der Waals surface area contributed by atoms with E-state index in [4.69, 9.17) is 27.6 Å². The van der Waals surface area contributed by atoms with Crippen LogP contribution in [0.15, 0.2) is 52.3 Å². The summed E-state index contributed by atoms with van der Waals surface area (Å²) in [5.41, 5.74) is 11.1. The van der Waals surface area contributed by atoms with Crippen molar-refractivity contribution < 1.29 is 9.21 Å². The number of fused-ring (bicyclic) bond motifs is 1. The minimum Gasteiger partial charge on any atom is -0.430 e. The lowest BCUT2D eigenvalue weighted by Gasteiger charge is -2.07. The van der Waals surface area contributed by atoms with Crippen LogP contribution in [-0.4, -0.2) is 10.9 Å². The quantitative estimate of drug-likeness (QED) is 0.280. The third-order valence-corrected chi connectivity index (χ3v) is 5.11. The second kappa shape index (κ2) is 6.45. The van der Waals surface area contributed by atoms with Crippen LogP contribution in [-0.2, 0) is 0 Å². The van der Waals surface area contributed by atoms with E-state index < -0.39 is 5.91 Å². The van der Waals surface area contributed by atoms with Crippen molar-refractivity contribution in [1.82, 2.24) is 10.4 Å². The summed E-state index contributed by atoms with van der Waals surface area (Å²) < 4.78 is 5.63. The number of amides is 1. The minimum absolute atomic E-state index is 0.0615. The van der Waals surface area contributed by atoms with Crippen LogP contribution < -0.4 is 17.0 Å². The number of hydrazine groups is 1. The Labute approximate surface area is 157 Å². The number of furan rings is 1. The Balaban J connectivity index is 2.04. The van der Waals surface area contributed by atoms with Crippen molar-refractivity contribution in [2.45, 2.75) is 0 Å². The van der Waals surface area contributed by atoms with Gasteiger partial charge < -0.3 is 10.2 Å². The summed E-state index contributed by atoms with van der Waals surface area (Å²) in [5, 5.41) is 3.15. The molecule has 26 heavy (non-hydrogen) atoms. The van der Waals surface area contributed by atoms with E-state index in [1.54, 1.807) is 23.5 Å². The average molecular weight is 385 g/mol. The molecule has 6 nitrogen and oxygen atoms in total. The molecule has 0 aliphatic carbocycles. The first-order valence-electron chi connectivity index (χ1n) is 7.62. The van der Waals surface area contributed by atoms with Crippen molar-refractivity contribution >= 4 is 45.6 Å². The maximum absolute atomic E-state index is 12.0. The van der Waals surface area contributed by atoms with Crippen LogP contribution in [0.25, 0.3) is 32.8 Å². The highest BCUT2D eigenvalue weighted by Gasteiger charge is 2.23. The summed E-state index contributed by atoms with van der Waals surface area (Å²) in [6, 6.07) is 13.2. The zero-order valence-electron chi connectivity index (χ0n) is 13.3. The lowest BCUT2D eigenvalue weighted by atomic mass is 10.0. The third-order valence-electron chi connectivity index (χ3n) is 3.97. The van der Waals surface area contributed by atoms with Crippen molar-refractivity contribution in [2.24, 2.45) is 5.84 Å². The van der Waals surface area contributed by atoms with E-state index >= 15 is 0 Å². The fourth-order valence-corrected chi connectivity index (χ4v) is 3.58. The van der Waals surface area contributed by atoms with Crippen LogP contribution >= 0.6 is 22.9 Å². The van der Waals surface area contributed by atoms with Crippen LogP contribution in [0.5, 0.6) is 0 Å². The molecular formula is C18H13ClN4O2S. The van der Waals surface area contributed by atoms with Gasteiger partial charge in [-0.05, 0) is 40.8 Å². The number of benzene rings is 1. The standard InChI is InChI=1S/C18H13ClN4O2S/c19-10-5-3-9(4-6-10)11-8-12(13-2-1-7-26-13)22-18-14(11)15(20)16(25-18)17(24)23-21/h1-8H,20-21H2,(H,23,24). The van der Waals surface area contributed by atoms with E-state index in [-0.39, 0.29) is 17.2 Å². The zero-order chi connectivity index (χ0) is 18.3. The Bertz CT molecular complexity index is 1100. The Morgan fingerprint density at radius 3 is 2.65 bits per heavy atom. The highest BCUT2D eigenvalue weighted by atomic mass is 35.5. The fourth-order valence-electron chi connectivity index (χ4n) is 2.76. The molecule has 3 aromatic heterocycles. The molecule has 3 heterocycles. The van der Waals surface area contributed by atoms with Gasteiger partial charge in [0.25, 0.3) is 0 Å². The minimum atomic E-state index is -0.611. The SMILES string of the molecule is NNC(=O)c1oc2nc(-c3cccs3)cc(-c3ccc(Cl)cc3)c2c1N. The summed E-state index contributed by atoms with van der Waals surface area (Å²) in [6.07, 6.45) is 0. The summed E-state index contributed by atoms with van der Waals surface area (Å²) >= 11 is 7.56. The lowest BCUT2D eigenvalue weighted by molar-refractivity contribution is 0.0929. The van der Waals surface area contributed by atoms with Gasteiger partial charge in [0.1, 0.15) is 0 Å². The van der Waals surface area contributed by atoms with Gasteiger partial charge in [-0.3, -0.25) is 10.2 Å². The van der Waals surface area contributed by atoms with E-state index in [2.05, 4.69) is 4.98 Å². The Kier molecular flexibility index (Phi) is 4.12. The molecule has 1 aromatic carbocycles. The van der Waals surface area contributed by atoms with Gasteiger partial charge in [0, 0.05) is 5.02 Å². The largest absolute Gasteiger partial charge is 0.430 e. The molecule has 0 radical (unpaired) electrons. The van der Waals surface area contributed by atoms with Crippen molar-refractivity contribution in [3.63, 3.8) is 0 Å². The van der Waals surface area contributed by atoms with Gasteiger partial charge in [-0.2, -0.15) is 0 Å². The second-order valence-electron chi connectivity index (χ2n) is 5.54. The topological polar surface area (TPSA) is 107 Å². The maximum Gasteiger partial charge on any atom is 0.303 e. The number of carbonyl (C=O) groups excluding carboxylic acids is 1. The van der Waals surface area contributed by atoms with Crippen LogP contribution in [0.4, 0.5) is 5.69 Å². The second-order valence-corrected chi connectivity index (χ2v) is 6.92. The van der Waals surface area contributed by atoms with E-state index in [0.29, 0.717) is 10.4 Å². The van der Waals surface area contributed by atoms with Gasteiger partial charge >= 0.3 is 5.91 Å².